The molecule has 0 radical (unpaired) electrons. The quantitative estimate of drug-likeness (QED) is 0.429. The molecule has 1 fully saturated rings. The molecule has 0 amide bonds. The summed E-state index contributed by atoms with van der Waals surface area (Å²) in [5, 5.41) is 10.7. The summed E-state index contributed by atoms with van der Waals surface area (Å²) in [6.07, 6.45) is 4.90. The van der Waals surface area contributed by atoms with Gasteiger partial charge in [-0.2, -0.15) is 0 Å². The molecule has 33 heavy (non-hydrogen) atoms. The van der Waals surface area contributed by atoms with Crippen LogP contribution in [-0.2, 0) is 10.0 Å². The lowest BCUT2D eigenvalue weighted by Crippen LogP contribution is -2.25. The second-order valence-corrected chi connectivity index (χ2v) is 10.1. The monoisotopic (exact) mass is 458 g/mol. The van der Waals surface area contributed by atoms with Gasteiger partial charge in [0.1, 0.15) is 0 Å². The first-order valence-corrected chi connectivity index (χ1v) is 12.8. The third kappa shape index (κ3) is 4.83. The molecule has 4 aromatic rings. The van der Waals surface area contributed by atoms with Gasteiger partial charge in [-0.15, -0.1) is 10.2 Å². The summed E-state index contributed by atoms with van der Waals surface area (Å²) in [5.74, 6) is 0.897. The molecular formula is C26H26N4O2S. The Morgan fingerprint density at radius 3 is 2.27 bits per heavy atom. The first kappa shape index (κ1) is 21.4. The summed E-state index contributed by atoms with van der Waals surface area (Å²) in [6, 6.07) is 24.0. The van der Waals surface area contributed by atoms with E-state index in [-0.39, 0.29) is 4.90 Å². The van der Waals surface area contributed by atoms with Gasteiger partial charge >= 0.3 is 0 Å². The third-order valence-corrected chi connectivity index (χ3v) is 7.40. The van der Waals surface area contributed by atoms with Crippen LogP contribution in [0.2, 0.25) is 0 Å². The van der Waals surface area contributed by atoms with Crippen LogP contribution in [0, 0.1) is 0 Å². The normalized spacial score (nSPS) is 14.7. The van der Waals surface area contributed by atoms with Crippen LogP contribution in [-0.4, -0.2) is 31.7 Å². The smallest absolute Gasteiger partial charge is 0.261 e. The number of nitrogens with zero attached hydrogens (tertiary/aromatic N) is 3. The van der Waals surface area contributed by atoms with Crippen molar-refractivity contribution in [3.63, 3.8) is 0 Å². The number of nitrogens with one attached hydrogen (secondary N) is 1. The van der Waals surface area contributed by atoms with Crippen LogP contribution in [0.5, 0.6) is 0 Å². The van der Waals surface area contributed by atoms with Gasteiger partial charge in [0.2, 0.25) is 0 Å². The lowest BCUT2D eigenvalue weighted by molar-refractivity contribution is 0.601. The molecule has 0 aliphatic carbocycles. The van der Waals surface area contributed by atoms with Gasteiger partial charge in [0.25, 0.3) is 10.0 Å². The molecule has 7 heteroatoms. The number of benzene rings is 3. The van der Waals surface area contributed by atoms with Crippen molar-refractivity contribution >= 4 is 32.3 Å². The summed E-state index contributed by atoms with van der Waals surface area (Å²) in [6.45, 7) is 2.03. The molecule has 6 nitrogen and oxygen atoms in total. The van der Waals surface area contributed by atoms with E-state index in [4.69, 9.17) is 0 Å². The highest BCUT2D eigenvalue weighted by Crippen LogP contribution is 2.26. The average Bonchev–Trinajstić information content (AvgIpc) is 3.13. The Morgan fingerprint density at radius 1 is 0.727 bits per heavy atom. The maximum atomic E-state index is 13.0. The van der Waals surface area contributed by atoms with Crippen molar-refractivity contribution in [1.29, 1.82) is 0 Å². The van der Waals surface area contributed by atoms with Crippen molar-refractivity contribution < 1.29 is 8.42 Å². The summed E-state index contributed by atoms with van der Waals surface area (Å²) < 4.78 is 28.7. The molecule has 1 aliphatic heterocycles. The Hall–Kier alpha value is -3.45. The van der Waals surface area contributed by atoms with Gasteiger partial charge in [-0.05, 0) is 60.0 Å². The zero-order valence-electron chi connectivity index (χ0n) is 18.3. The van der Waals surface area contributed by atoms with Crippen molar-refractivity contribution in [3.05, 3.63) is 78.9 Å². The highest BCUT2D eigenvalue weighted by Gasteiger charge is 2.16. The fourth-order valence-corrected chi connectivity index (χ4v) is 5.32. The minimum atomic E-state index is -3.72. The Balaban J connectivity index is 1.36. The number of hydrogen-bond acceptors (Lipinski definition) is 5. The van der Waals surface area contributed by atoms with E-state index in [1.807, 2.05) is 54.6 Å². The molecule has 0 saturated carbocycles. The van der Waals surface area contributed by atoms with E-state index in [2.05, 4.69) is 19.8 Å². The topological polar surface area (TPSA) is 75.2 Å². The summed E-state index contributed by atoms with van der Waals surface area (Å²) >= 11 is 0. The molecule has 1 aromatic heterocycles. The number of anilines is 2. The first-order chi connectivity index (χ1) is 16.1. The van der Waals surface area contributed by atoms with Gasteiger partial charge in [0, 0.05) is 24.3 Å². The van der Waals surface area contributed by atoms with E-state index in [0.717, 1.165) is 35.2 Å². The van der Waals surface area contributed by atoms with Crippen LogP contribution in [0.15, 0.2) is 83.8 Å². The zero-order valence-corrected chi connectivity index (χ0v) is 19.1. The maximum absolute atomic E-state index is 13.0. The van der Waals surface area contributed by atoms with Crippen LogP contribution in [0.3, 0.4) is 0 Å². The number of hydrogen-bond donors (Lipinski definition) is 1. The Morgan fingerprint density at radius 2 is 1.52 bits per heavy atom. The summed E-state index contributed by atoms with van der Waals surface area (Å²) in [5.41, 5.74) is 2.00. The SMILES string of the molecule is O=S(=O)(Nc1cccc(-c2ccc(N3CCCCCC3)nn2)c1)c1ccc2ccccc2c1. The number of fused-ring (bicyclic) bond motifs is 1. The Labute approximate surface area is 194 Å². The number of aromatic nitrogens is 2. The summed E-state index contributed by atoms with van der Waals surface area (Å²) in [7, 11) is -3.72. The van der Waals surface area contributed by atoms with Crippen molar-refractivity contribution in [3.8, 4) is 11.3 Å². The van der Waals surface area contributed by atoms with Crippen molar-refractivity contribution in [2.45, 2.75) is 30.6 Å². The minimum absolute atomic E-state index is 0.230. The molecule has 0 unspecified atom stereocenters. The Bertz CT molecular complexity index is 1360. The van der Waals surface area contributed by atoms with E-state index in [0.29, 0.717) is 11.4 Å². The van der Waals surface area contributed by atoms with Crippen LogP contribution in [0.4, 0.5) is 11.5 Å². The molecule has 1 aliphatic rings. The molecule has 0 spiro atoms. The first-order valence-electron chi connectivity index (χ1n) is 11.3. The maximum Gasteiger partial charge on any atom is 0.261 e. The number of rotatable bonds is 5. The predicted octanol–water partition coefficient (Wildman–Crippen LogP) is 5.48. The van der Waals surface area contributed by atoms with Crippen molar-refractivity contribution in [2.75, 3.05) is 22.7 Å². The molecule has 168 valence electrons. The van der Waals surface area contributed by atoms with E-state index < -0.39 is 10.0 Å². The van der Waals surface area contributed by atoms with Crippen LogP contribution in [0.25, 0.3) is 22.0 Å². The van der Waals surface area contributed by atoms with E-state index >= 15 is 0 Å². The van der Waals surface area contributed by atoms with Crippen LogP contribution < -0.4 is 9.62 Å². The average molecular weight is 459 g/mol. The van der Waals surface area contributed by atoms with Gasteiger partial charge in [-0.25, -0.2) is 8.42 Å². The molecule has 0 bridgehead atoms. The summed E-state index contributed by atoms with van der Waals surface area (Å²) in [4.78, 5) is 2.52. The largest absolute Gasteiger partial charge is 0.355 e. The molecule has 0 atom stereocenters. The second kappa shape index (κ2) is 9.19. The molecule has 1 N–H and O–H groups in total. The highest BCUT2D eigenvalue weighted by molar-refractivity contribution is 7.92. The van der Waals surface area contributed by atoms with Gasteiger partial charge < -0.3 is 4.90 Å². The minimum Gasteiger partial charge on any atom is -0.355 e. The Kier molecular flexibility index (Phi) is 5.96. The second-order valence-electron chi connectivity index (χ2n) is 8.37. The standard InChI is InChI=1S/C26H26N4O2S/c31-33(32,24-13-12-20-8-3-4-9-21(20)19-24)29-23-11-7-10-22(18-23)25-14-15-26(28-27-25)30-16-5-1-2-6-17-30/h3-4,7-15,18-19,29H,1-2,5-6,16-17H2. The lowest BCUT2D eigenvalue weighted by Gasteiger charge is -2.20. The molecular weight excluding hydrogens is 432 g/mol. The van der Waals surface area contributed by atoms with Gasteiger partial charge in [-0.1, -0.05) is 55.3 Å². The van der Waals surface area contributed by atoms with E-state index in [1.54, 1.807) is 24.3 Å². The molecule has 1 saturated heterocycles. The van der Waals surface area contributed by atoms with Crippen molar-refractivity contribution in [2.24, 2.45) is 0 Å². The molecule has 3 aromatic carbocycles. The van der Waals surface area contributed by atoms with Crippen LogP contribution in [0.1, 0.15) is 25.7 Å². The fourth-order valence-electron chi connectivity index (χ4n) is 4.24. The van der Waals surface area contributed by atoms with Crippen molar-refractivity contribution in [1.82, 2.24) is 10.2 Å². The predicted molar refractivity (Wildman–Crippen MR) is 133 cm³/mol. The third-order valence-electron chi connectivity index (χ3n) is 6.02. The van der Waals surface area contributed by atoms with E-state index in [1.165, 1.54) is 25.7 Å². The van der Waals surface area contributed by atoms with Gasteiger partial charge in [-0.3, -0.25) is 4.72 Å². The molecule has 5 rings (SSSR count). The van der Waals surface area contributed by atoms with Gasteiger partial charge in [0.05, 0.1) is 10.6 Å². The number of sulfonamides is 1. The molecule has 2 heterocycles. The lowest BCUT2D eigenvalue weighted by atomic mass is 10.1. The van der Waals surface area contributed by atoms with Crippen LogP contribution >= 0.6 is 0 Å². The fraction of sp³-hybridized carbons (Fsp3) is 0.231. The zero-order chi connectivity index (χ0) is 22.7. The van der Waals surface area contributed by atoms with E-state index in [9.17, 15) is 8.42 Å². The highest BCUT2D eigenvalue weighted by atomic mass is 32.2. The van der Waals surface area contributed by atoms with Gasteiger partial charge in [0.15, 0.2) is 5.82 Å².